The Hall–Kier alpha value is -2.41. The number of aromatic nitrogens is 1. The van der Waals surface area contributed by atoms with Gasteiger partial charge in [-0.1, -0.05) is 6.07 Å². The summed E-state index contributed by atoms with van der Waals surface area (Å²) in [6.45, 7) is -0.368. The summed E-state index contributed by atoms with van der Waals surface area (Å²) in [7, 11) is 0. The minimum atomic E-state index is -0.596. The van der Waals surface area contributed by atoms with E-state index < -0.39 is 11.9 Å². The second-order valence-corrected chi connectivity index (χ2v) is 4.48. The number of nitrogens with one attached hydrogen (secondary N) is 1. The number of hydrogen-bond acceptors (Lipinski definition) is 6. The lowest BCUT2D eigenvalue weighted by Gasteiger charge is -2.05. The summed E-state index contributed by atoms with van der Waals surface area (Å²) in [6, 6.07) is 6.35. The van der Waals surface area contributed by atoms with Gasteiger partial charge in [0.2, 0.25) is 0 Å². The first kappa shape index (κ1) is 13.0. The predicted octanol–water partition coefficient (Wildman–Crippen LogP) is 1.52. The Kier molecular flexibility index (Phi) is 4.09. The van der Waals surface area contributed by atoms with Crippen molar-refractivity contribution < 1.29 is 14.3 Å². The number of esters is 1. The van der Waals surface area contributed by atoms with Crippen LogP contribution in [0.25, 0.3) is 0 Å². The van der Waals surface area contributed by atoms with Gasteiger partial charge in [0, 0.05) is 17.3 Å². The van der Waals surface area contributed by atoms with Gasteiger partial charge in [0.1, 0.15) is 0 Å². The Labute approximate surface area is 113 Å². The van der Waals surface area contributed by atoms with E-state index in [0.29, 0.717) is 16.4 Å². The summed E-state index contributed by atoms with van der Waals surface area (Å²) in [6.07, 6.45) is 1.57. The zero-order valence-corrected chi connectivity index (χ0v) is 10.6. The zero-order chi connectivity index (χ0) is 13.7. The quantitative estimate of drug-likeness (QED) is 0.652. The van der Waals surface area contributed by atoms with Crippen molar-refractivity contribution in [1.82, 2.24) is 4.98 Å². The van der Waals surface area contributed by atoms with Crippen molar-refractivity contribution in [3.63, 3.8) is 0 Å². The average Bonchev–Trinajstić information content (AvgIpc) is 2.88. The molecule has 0 aliphatic rings. The molecule has 98 valence electrons. The second kappa shape index (κ2) is 5.96. The second-order valence-electron chi connectivity index (χ2n) is 3.59. The molecule has 1 amide bonds. The van der Waals surface area contributed by atoms with Crippen molar-refractivity contribution >= 4 is 34.0 Å². The van der Waals surface area contributed by atoms with E-state index in [1.165, 1.54) is 17.4 Å². The van der Waals surface area contributed by atoms with E-state index in [-0.39, 0.29) is 6.61 Å². The molecule has 19 heavy (non-hydrogen) atoms. The summed E-state index contributed by atoms with van der Waals surface area (Å²) < 4.78 is 4.86. The van der Waals surface area contributed by atoms with Gasteiger partial charge in [0.15, 0.2) is 11.7 Å². The minimum Gasteiger partial charge on any atom is -0.452 e. The summed E-state index contributed by atoms with van der Waals surface area (Å²) >= 11 is 1.28. The third-order valence-electron chi connectivity index (χ3n) is 2.14. The number of anilines is 2. The van der Waals surface area contributed by atoms with Gasteiger partial charge in [0.25, 0.3) is 5.91 Å². The maximum absolute atomic E-state index is 11.6. The smallest absolute Gasteiger partial charge is 0.338 e. The summed E-state index contributed by atoms with van der Waals surface area (Å²) in [5.41, 5.74) is 6.32. The molecule has 2 aromatic rings. The van der Waals surface area contributed by atoms with Crippen LogP contribution in [0.4, 0.5) is 10.8 Å². The SMILES string of the molecule is Nc1cccc(C(=O)OCC(=O)Nc2nccs2)c1. The molecule has 0 bridgehead atoms. The fraction of sp³-hybridized carbons (Fsp3) is 0.0833. The Morgan fingerprint density at radius 3 is 2.95 bits per heavy atom. The molecule has 0 unspecified atom stereocenters. The van der Waals surface area contributed by atoms with Gasteiger partial charge in [-0.25, -0.2) is 9.78 Å². The Morgan fingerprint density at radius 1 is 1.42 bits per heavy atom. The van der Waals surface area contributed by atoms with Gasteiger partial charge >= 0.3 is 5.97 Å². The Bertz CT molecular complexity index is 584. The van der Waals surface area contributed by atoms with Gasteiger partial charge in [-0.2, -0.15) is 0 Å². The molecule has 7 heteroatoms. The number of nitrogens with two attached hydrogens (primary N) is 1. The van der Waals surface area contributed by atoms with E-state index in [9.17, 15) is 9.59 Å². The highest BCUT2D eigenvalue weighted by molar-refractivity contribution is 7.13. The number of thiazole rings is 1. The number of amides is 1. The van der Waals surface area contributed by atoms with Crippen LogP contribution in [-0.4, -0.2) is 23.5 Å². The molecule has 0 spiro atoms. The number of carbonyl (C=O) groups excluding carboxylic acids is 2. The normalized spacial score (nSPS) is 9.89. The van der Waals surface area contributed by atoms with E-state index in [0.717, 1.165) is 0 Å². The molecule has 0 aliphatic heterocycles. The first-order chi connectivity index (χ1) is 9.15. The molecule has 0 aliphatic carbocycles. The maximum atomic E-state index is 11.6. The lowest BCUT2D eigenvalue weighted by Crippen LogP contribution is -2.20. The lowest BCUT2D eigenvalue weighted by atomic mass is 10.2. The van der Waals surface area contributed by atoms with Crippen molar-refractivity contribution in [2.75, 3.05) is 17.7 Å². The average molecular weight is 277 g/mol. The van der Waals surface area contributed by atoms with Crippen LogP contribution in [0.5, 0.6) is 0 Å². The van der Waals surface area contributed by atoms with Crippen molar-refractivity contribution in [3.8, 4) is 0 Å². The number of benzene rings is 1. The number of rotatable bonds is 4. The molecule has 0 radical (unpaired) electrons. The lowest BCUT2D eigenvalue weighted by molar-refractivity contribution is -0.119. The first-order valence-corrected chi connectivity index (χ1v) is 6.25. The summed E-state index contributed by atoms with van der Waals surface area (Å²) in [5.74, 6) is -1.03. The van der Waals surface area contributed by atoms with E-state index >= 15 is 0 Å². The van der Waals surface area contributed by atoms with Gasteiger partial charge in [-0.15, -0.1) is 11.3 Å². The number of carbonyl (C=O) groups is 2. The fourth-order valence-corrected chi connectivity index (χ4v) is 1.87. The zero-order valence-electron chi connectivity index (χ0n) is 9.83. The highest BCUT2D eigenvalue weighted by Gasteiger charge is 2.11. The molecule has 3 N–H and O–H groups in total. The standard InChI is InChI=1S/C12H11N3O3S/c13-9-3-1-2-8(6-9)11(17)18-7-10(16)15-12-14-4-5-19-12/h1-6H,7,13H2,(H,14,15,16). The third kappa shape index (κ3) is 3.78. The summed E-state index contributed by atoms with van der Waals surface area (Å²) in [5, 5.41) is 4.70. The molecule has 2 rings (SSSR count). The molecule has 6 nitrogen and oxygen atoms in total. The highest BCUT2D eigenvalue weighted by Crippen LogP contribution is 2.10. The molecule has 0 fully saturated rings. The van der Waals surface area contributed by atoms with Crippen LogP contribution in [0.15, 0.2) is 35.8 Å². The van der Waals surface area contributed by atoms with Crippen LogP contribution in [0.2, 0.25) is 0 Å². The molecule has 1 aromatic carbocycles. The maximum Gasteiger partial charge on any atom is 0.338 e. The highest BCUT2D eigenvalue weighted by atomic mass is 32.1. The van der Waals surface area contributed by atoms with Crippen molar-refractivity contribution in [2.45, 2.75) is 0 Å². The topological polar surface area (TPSA) is 94.3 Å². The van der Waals surface area contributed by atoms with Crippen molar-refractivity contribution in [1.29, 1.82) is 0 Å². The van der Waals surface area contributed by atoms with Crippen LogP contribution >= 0.6 is 11.3 Å². The van der Waals surface area contributed by atoms with Crippen LogP contribution in [0, 0.1) is 0 Å². The van der Waals surface area contributed by atoms with Gasteiger partial charge in [0.05, 0.1) is 5.56 Å². The number of hydrogen-bond donors (Lipinski definition) is 2. The Morgan fingerprint density at radius 2 is 2.26 bits per heavy atom. The molecule has 1 aromatic heterocycles. The third-order valence-corrected chi connectivity index (χ3v) is 2.82. The first-order valence-electron chi connectivity index (χ1n) is 5.37. The van der Waals surface area contributed by atoms with Crippen molar-refractivity contribution in [3.05, 3.63) is 41.4 Å². The fourth-order valence-electron chi connectivity index (χ4n) is 1.32. The van der Waals surface area contributed by atoms with Gasteiger partial charge in [-0.3, -0.25) is 10.1 Å². The molecule has 0 saturated carbocycles. The Balaban J connectivity index is 1.85. The molecular formula is C12H11N3O3S. The molecular weight excluding hydrogens is 266 g/mol. The summed E-state index contributed by atoms with van der Waals surface area (Å²) in [4.78, 5) is 27.0. The number of nitrogen functional groups attached to an aromatic ring is 1. The van der Waals surface area contributed by atoms with E-state index in [2.05, 4.69) is 10.3 Å². The van der Waals surface area contributed by atoms with Crippen LogP contribution < -0.4 is 11.1 Å². The minimum absolute atomic E-state index is 0.307. The predicted molar refractivity (Wildman–Crippen MR) is 71.9 cm³/mol. The van der Waals surface area contributed by atoms with Crippen LogP contribution in [0.1, 0.15) is 10.4 Å². The largest absolute Gasteiger partial charge is 0.452 e. The van der Waals surface area contributed by atoms with Crippen LogP contribution in [0.3, 0.4) is 0 Å². The molecule has 0 atom stereocenters. The van der Waals surface area contributed by atoms with E-state index in [1.54, 1.807) is 29.8 Å². The number of nitrogens with zero attached hydrogens (tertiary/aromatic N) is 1. The van der Waals surface area contributed by atoms with Gasteiger partial charge in [-0.05, 0) is 18.2 Å². The number of ether oxygens (including phenoxy) is 1. The van der Waals surface area contributed by atoms with Crippen molar-refractivity contribution in [2.24, 2.45) is 0 Å². The molecule has 1 heterocycles. The van der Waals surface area contributed by atoms with Crippen LogP contribution in [-0.2, 0) is 9.53 Å². The van der Waals surface area contributed by atoms with E-state index in [1.807, 2.05) is 0 Å². The van der Waals surface area contributed by atoms with Gasteiger partial charge < -0.3 is 10.5 Å². The monoisotopic (exact) mass is 277 g/mol. The molecule has 0 saturated heterocycles. The van der Waals surface area contributed by atoms with E-state index in [4.69, 9.17) is 10.5 Å².